The van der Waals surface area contributed by atoms with Crippen LogP contribution in [0.5, 0.6) is 5.75 Å². The highest BCUT2D eigenvalue weighted by Gasteiger charge is 2.26. The van der Waals surface area contributed by atoms with Crippen molar-refractivity contribution in [1.82, 2.24) is 0 Å². The number of hydrogen-bond donors (Lipinski definition) is 0. The van der Waals surface area contributed by atoms with Crippen molar-refractivity contribution in [3.05, 3.63) is 58.6 Å². The normalized spacial score (nSPS) is 11.4. The van der Waals surface area contributed by atoms with E-state index < -0.39 is 26.5 Å². The summed E-state index contributed by atoms with van der Waals surface area (Å²) in [6.45, 7) is -0.125. The molecular formula is C16H13ClF2O5S. The third-order valence-corrected chi connectivity index (χ3v) is 4.89. The topological polar surface area (TPSA) is 69.7 Å². The SMILES string of the molecule is COc1ccc(Cl)cc1COC(=O)c1ccc(S(=O)(=O)C(F)F)cc1. The van der Waals surface area contributed by atoms with E-state index in [2.05, 4.69) is 0 Å². The molecule has 25 heavy (non-hydrogen) atoms. The Morgan fingerprint density at radius 3 is 2.36 bits per heavy atom. The number of ether oxygens (including phenoxy) is 2. The molecule has 5 nitrogen and oxygen atoms in total. The maximum absolute atomic E-state index is 12.5. The first-order valence-electron chi connectivity index (χ1n) is 6.87. The highest BCUT2D eigenvalue weighted by Crippen LogP contribution is 2.24. The zero-order valence-electron chi connectivity index (χ0n) is 12.9. The van der Waals surface area contributed by atoms with Crippen LogP contribution in [0.15, 0.2) is 47.4 Å². The Hall–Kier alpha value is -2.19. The van der Waals surface area contributed by atoms with Gasteiger partial charge in [-0.15, -0.1) is 0 Å². The van der Waals surface area contributed by atoms with Crippen LogP contribution in [0, 0.1) is 0 Å². The molecule has 0 aliphatic rings. The van der Waals surface area contributed by atoms with Crippen LogP contribution in [0.25, 0.3) is 0 Å². The summed E-state index contributed by atoms with van der Waals surface area (Å²) in [7, 11) is -3.25. The van der Waals surface area contributed by atoms with Gasteiger partial charge in [-0.2, -0.15) is 8.78 Å². The summed E-state index contributed by atoms with van der Waals surface area (Å²) in [5.41, 5.74) is 0.564. The van der Waals surface area contributed by atoms with E-state index in [1.165, 1.54) is 7.11 Å². The van der Waals surface area contributed by atoms with Crippen molar-refractivity contribution < 1.29 is 31.5 Å². The average Bonchev–Trinajstić information content (AvgIpc) is 2.59. The first-order chi connectivity index (χ1) is 11.8. The molecule has 0 saturated heterocycles. The van der Waals surface area contributed by atoms with Crippen LogP contribution < -0.4 is 4.74 Å². The van der Waals surface area contributed by atoms with E-state index in [1.54, 1.807) is 18.2 Å². The van der Waals surface area contributed by atoms with Crippen LogP contribution in [0.2, 0.25) is 5.02 Å². The fourth-order valence-electron chi connectivity index (χ4n) is 1.97. The predicted octanol–water partition coefficient (Wildman–Crippen LogP) is 3.70. The molecule has 0 saturated carbocycles. The Balaban J connectivity index is 2.11. The molecule has 0 atom stereocenters. The molecule has 0 aromatic heterocycles. The fourth-order valence-corrected chi connectivity index (χ4v) is 2.89. The lowest BCUT2D eigenvalue weighted by Crippen LogP contribution is -2.12. The summed E-state index contributed by atoms with van der Waals surface area (Å²) in [6, 6.07) is 8.88. The van der Waals surface area contributed by atoms with E-state index >= 15 is 0 Å². The van der Waals surface area contributed by atoms with Gasteiger partial charge < -0.3 is 9.47 Å². The third-order valence-electron chi connectivity index (χ3n) is 3.25. The number of esters is 1. The molecule has 0 aliphatic carbocycles. The maximum Gasteiger partial charge on any atom is 0.341 e. The van der Waals surface area contributed by atoms with Crippen LogP contribution in [-0.2, 0) is 21.2 Å². The predicted molar refractivity (Wildman–Crippen MR) is 86.8 cm³/mol. The minimum absolute atomic E-state index is 0.0224. The van der Waals surface area contributed by atoms with E-state index in [1.807, 2.05) is 0 Å². The van der Waals surface area contributed by atoms with Gasteiger partial charge >= 0.3 is 11.7 Å². The summed E-state index contributed by atoms with van der Waals surface area (Å²) >= 11 is 5.88. The monoisotopic (exact) mass is 390 g/mol. The Kier molecular flexibility index (Phi) is 5.97. The first kappa shape index (κ1) is 19.1. The third kappa shape index (κ3) is 4.46. The minimum atomic E-state index is -4.71. The number of carbonyl (C=O) groups excluding carboxylic acids is 1. The highest BCUT2D eigenvalue weighted by molar-refractivity contribution is 7.91. The minimum Gasteiger partial charge on any atom is -0.496 e. The Morgan fingerprint density at radius 2 is 1.80 bits per heavy atom. The summed E-state index contributed by atoms with van der Waals surface area (Å²) in [5, 5.41) is 0.438. The molecule has 0 radical (unpaired) electrons. The second kappa shape index (κ2) is 7.79. The van der Waals surface area contributed by atoms with Gasteiger partial charge in [0.2, 0.25) is 9.84 Å². The van der Waals surface area contributed by atoms with Gasteiger partial charge in [0.25, 0.3) is 0 Å². The second-order valence-electron chi connectivity index (χ2n) is 4.86. The van der Waals surface area contributed by atoms with Gasteiger partial charge in [0.05, 0.1) is 17.6 Å². The van der Waals surface area contributed by atoms with Gasteiger partial charge in [0.1, 0.15) is 12.4 Å². The van der Waals surface area contributed by atoms with Gasteiger partial charge in [0.15, 0.2) is 0 Å². The van der Waals surface area contributed by atoms with Gasteiger partial charge in [-0.05, 0) is 42.5 Å². The van der Waals surface area contributed by atoms with E-state index in [4.69, 9.17) is 21.1 Å². The van der Waals surface area contributed by atoms with Gasteiger partial charge in [-0.1, -0.05) is 11.6 Å². The molecule has 0 spiro atoms. The lowest BCUT2D eigenvalue weighted by Gasteiger charge is -2.10. The van der Waals surface area contributed by atoms with E-state index in [-0.39, 0.29) is 12.2 Å². The van der Waals surface area contributed by atoms with Crippen molar-refractivity contribution in [2.75, 3.05) is 7.11 Å². The van der Waals surface area contributed by atoms with Crippen LogP contribution in [-0.4, -0.2) is 27.3 Å². The van der Waals surface area contributed by atoms with Crippen molar-refractivity contribution in [2.45, 2.75) is 17.3 Å². The number of rotatable bonds is 6. The highest BCUT2D eigenvalue weighted by atomic mass is 35.5. The summed E-state index contributed by atoms with van der Waals surface area (Å²) < 4.78 is 57.8. The molecule has 2 aromatic carbocycles. The van der Waals surface area contributed by atoms with Crippen molar-refractivity contribution in [3.63, 3.8) is 0 Å². The summed E-state index contributed by atoms with van der Waals surface area (Å²) in [4.78, 5) is 11.4. The molecule has 134 valence electrons. The molecule has 9 heteroatoms. The van der Waals surface area contributed by atoms with Crippen LogP contribution in [0.3, 0.4) is 0 Å². The van der Waals surface area contributed by atoms with Gasteiger partial charge in [-0.3, -0.25) is 0 Å². The lowest BCUT2D eigenvalue weighted by molar-refractivity contribution is 0.0470. The quantitative estimate of drug-likeness (QED) is 0.703. The molecule has 2 rings (SSSR count). The Labute approximate surface area is 148 Å². The van der Waals surface area contributed by atoms with E-state index in [0.717, 1.165) is 24.3 Å². The first-order valence-corrected chi connectivity index (χ1v) is 8.80. The van der Waals surface area contributed by atoms with Crippen molar-refractivity contribution in [2.24, 2.45) is 0 Å². The zero-order valence-corrected chi connectivity index (χ0v) is 14.5. The zero-order chi connectivity index (χ0) is 18.6. The van der Waals surface area contributed by atoms with Crippen molar-refractivity contribution in [1.29, 1.82) is 0 Å². The lowest BCUT2D eigenvalue weighted by atomic mass is 10.2. The average molecular weight is 391 g/mol. The summed E-state index contributed by atoms with van der Waals surface area (Å²) in [6.07, 6.45) is 0. The molecule has 0 unspecified atom stereocenters. The Morgan fingerprint density at radius 1 is 1.16 bits per heavy atom. The van der Waals surface area contributed by atoms with Crippen LogP contribution in [0.1, 0.15) is 15.9 Å². The molecular weight excluding hydrogens is 378 g/mol. The van der Waals surface area contributed by atoms with Crippen molar-refractivity contribution in [3.8, 4) is 5.75 Å². The van der Waals surface area contributed by atoms with Crippen LogP contribution in [0.4, 0.5) is 8.78 Å². The van der Waals surface area contributed by atoms with Gasteiger partial charge in [-0.25, -0.2) is 13.2 Å². The molecule has 0 heterocycles. The molecule has 0 aliphatic heterocycles. The number of alkyl halides is 2. The number of methoxy groups -OCH3 is 1. The molecule has 0 N–H and O–H groups in total. The number of halogens is 3. The van der Waals surface area contributed by atoms with E-state index in [9.17, 15) is 22.0 Å². The number of carbonyl (C=O) groups is 1. The van der Waals surface area contributed by atoms with E-state index in [0.29, 0.717) is 16.3 Å². The number of hydrogen-bond acceptors (Lipinski definition) is 5. The number of benzene rings is 2. The van der Waals surface area contributed by atoms with Gasteiger partial charge in [0, 0.05) is 10.6 Å². The fraction of sp³-hybridized carbons (Fsp3) is 0.188. The standard InChI is InChI=1S/C16H13ClF2O5S/c1-23-14-7-4-12(17)8-11(14)9-24-15(20)10-2-5-13(6-3-10)25(21,22)16(18)19/h2-8,16H,9H2,1H3. The smallest absolute Gasteiger partial charge is 0.341 e. The number of sulfone groups is 1. The molecule has 0 amide bonds. The Bertz CT molecular complexity index is 867. The largest absolute Gasteiger partial charge is 0.496 e. The molecule has 0 bridgehead atoms. The molecule has 0 fully saturated rings. The second-order valence-corrected chi connectivity index (χ2v) is 7.22. The van der Waals surface area contributed by atoms with Crippen molar-refractivity contribution >= 4 is 27.4 Å². The maximum atomic E-state index is 12.5. The molecule has 2 aromatic rings. The van der Waals surface area contributed by atoms with Crippen LogP contribution >= 0.6 is 11.6 Å². The summed E-state index contributed by atoms with van der Waals surface area (Å²) in [5.74, 6) is -3.79.